The van der Waals surface area contributed by atoms with Crippen LogP contribution >= 0.6 is 0 Å². The number of carbonyl (C=O) groups is 2. The predicted molar refractivity (Wildman–Crippen MR) is 106 cm³/mol. The Kier molecular flexibility index (Phi) is 5.76. The molecule has 0 aliphatic carbocycles. The Balaban J connectivity index is 1.73. The summed E-state index contributed by atoms with van der Waals surface area (Å²) in [4.78, 5) is 28.8. The second-order valence-electron chi connectivity index (χ2n) is 6.90. The highest BCUT2D eigenvalue weighted by atomic mass is 16.5. The number of benzene rings is 2. The molecule has 1 aliphatic heterocycles. The lowest BCUT2D eigenvalue weighted by Crippen LogP contribution is -2.44. The number of nitrogens with one attached hydrogen (secondary N) is 1. The van der Waals surface area contributed by atoms with Crippen LogP contribution in [0.4, 0.5) is 11.4 Å². The molecule has 0 spiro atoms. The van der Waals surface area contributed by atoms with Crippen LogP contribution in [0.1, 0.15) is 18.9 Å². The van der Waals surface area contributed by atoms with Crippen LogP contribution in [0, 0.1) is 0 Å². The zero-order chi connectivity index (χ0) is 19.4. The summed E-state index contributed by atoms with van der Waals surface area (Å²) in [5.74, 6) is 0.712. The zero-order valence-corrected chi connectivity index (χ0v) is 15.9. The monoisotopic (exact) mass is 367 g/mol. The van der Waals surface area contributed by atoms with Crippen LogP contribution in [0.2, 0.25) is 0 Å². The van der Waals surface area contributed by atoms with Crippen molar-refractivity contribution in [3.8, 4) is 5.75 Å². The first-order chi connectivity index (χ1) is 13.0. The van der Waals surface area contributed by atoms with Gasteiger partial charge in [0.1, 0.15) is 5.75 Å². The maximum Gasteiger partial charge on any atom is 0.241 e. The van der Waals surface area contributed by atoms with Crippen LogP contribution in [0.15, 0.2) is 48.5 Å². The molecule has 3 rings (SSSR count). The Hall–Kier alpha value is -2.86. The van der Waals surface area contributed by atoms with Gasteiger partial charge in [0.05, 0.1) is 25.0 Å². The third-order valence-electron chi connectivity index (χ3n) is 4.64. The third-order valence-corrected chi connectivity index (χ3v) is 4.64. The molecule has 2 aromatic rings. The minimum absolute atomic E-state index is 0.0255. The van der Waals surface area contributed by atoms with Gasteiger partial charge in [-0.05, 0) is 43.8 Å². The molecule has 0 radical (unpaired) electrons. The standard InChI is InChI=1S/C21H25N3O3/c1-15-12-20(25)22-18-6-4-5-7-19(18)24(15)21(26)14-23(2)13-16-8-10-17(27-3)11-9-16/h4-11,15H,12-14H2,1-3H3,(H,22,25). The van der Waals surface area contributed by atoms with E-state index in [0.29, 0.717) is 12.2 Å². The number of hydrogen-bond acceptors (Lipinski definition) is 4. The highest BCUT2D eigenvalue weighted by Gasteiger charge is 2.29. The van der Waals surface area contributed by atoms with E-state index in [1.807, 2.05) is 67.4 Å². The molecule has 6 heteroatoms. The van der Waals surface area contributed by atoms with Gasteiger partial charge < -0.3 is 15.0 Å². The average Bonchev–Trinajstić information content (AvgIpc) is 2.76. The van der Waals surface area contributed by atoms with E-state index < -0.39 is 0 Å². The largest absolute Gasteiger partial charge is 0.497 e. The van der Waals surface area contributed by atoms with Crippen molar-refractivity contribution < 1.29 is 14.3 Å². The number of carbonyl (C=O) groups excluding carboxylic acids is 2. The van der Waals surface area contributed by atoms with Gasteiger partial charge in [0, 0.05) is 19.0 Å². The topological polar surface area (TPSA) is 61.9 Å². The Morgan fingerprint density at radius 3 is 2.63 bits per heavy atom. The van der Waals surface area contributed by atoms with Gasteiger partial charge in [0.2, 0.25) is 11.8 Å². The number of hydrogen-bond donors (Lipinski definition) is 1. The smallest absolute Gasteiger partial charge is 0.241 e. The summed E-state index contributed by atoms with van der Waals surface area (Å²) in [7, 11) is 3.56. The normalized spacial score (nSPS) is 16.5. The molecule has 0 bridgehead atoms. The predicted octanol–water partition coefficient (Wildman–Crippen LogP) is 2.89. The molecule has 142 valence electrons. The second kappa shape index (κ2) is 8.22. The van der Waals surface area contributed by atoms with E-state index in [4.69, 9.17) is 4.74 Å². The number of fused-ring (bicyclic) bond motifs is 1. The van der Waals surface area contributed by atoms with Crippen molar-refractivity contribution >= 4 is 23.2 Å². The second-order valence-corrected chi connectivity index (χ2v) is 6.90. The Morgan fingerprint density at radius 1 is 1.22 bits per heavy atom. The molecular weight excluding hydrogens is 342 g/mol. The molecule has 1 aliphatic rings. The summed E-state index contributed by atoms with van der Waals surface area (Å²) in [5, 5.41) is 2.88. The molecule has 2 amide bonds. The van der Waals surface area contributed by atoms with Crippen molar-refractivity contribution in [3.63, 3.8) is 0 Å². The fourth-order valence-electron chi connectivity index (χ4n) is 3.37. The van der Waals surface area contributed by atoms with E-state index in [2.05, 4.69) is 5.32 Å². The lowest BCUT2D eigenvalue weighted by atomic mass is 10.1. The number of nitrogens with zero attached hydrogens (tertiary/aromatic N) is 2. The zero-order valence-electron chi connectivity index (χ0n) is 15.9. The molecule has 1 heterocycles. The van der Waals surface area contributed by atoms with Gasteiger partial charge in [-0.3, -0.25) is 14.5 Å². The fraction of sp³-hybridized carbons (Fsp3) is 0.333. The number of methoxy groups -OCH3 is 1. The molecule has 1 atom stereocenters. The van der Waals surface area contributed by atoms with Crippen LogP contribution < -0.4 is 15.0 Å². The fourth-order valence-corrected chi connectivity index (χ4v) is 3.37. The van der Waals surface area contributed by atoms with Crippen molar-refractivity contribution in [2.45, 2.75) is 25.9 Å². The van der Waals surface area contributed by atoms with Gasteiger partial charge >= 0.3 is 0 Å². The van der Waals surface area contributed by atoms with E-state index in [0.717, 1.165) is 17.0 Å². The first-order valence-corrected chi connectivity index (χ1v) is 9.00. The summed E-state index contributed by atoms with van der Waals surface area (Å²) in [6.45, 7) is 2.82. The average molecular weight is 367 g/mol. The van der Waals surface area contributed by atoms with Gasteiger partial charge in [-0.25, -0.2) is 0 Å². The molecular formula is C21H25N3O3. The summed E-state index contributed by atoms with van der Waals surface area (Å²) < 4.78 is 5.18. The summed E-state index contributed by atoms with van der Waals surface area (Å²) in [6, 6.07) is 15.0. The maximum absolute atomic E-state index is 13.1. The van der Waals surface area contributed by atoms with E-state index in [1.54, 1.807) is 12.0 Å². The van der Waals surface area contributed by atoms with Crippen LogP contribution in [-0.2, 0) is 16.1 Å². The summed E-state index contributed by atoms with van der Waals surface area (Å²) in [5.41, 5.74) is 2.53. The first-order valence-electron chi connectivity index (χ1n) is 9.00. The van der Waals surface area contributed by atoms with Gasteiger partial charge in [-0.15, -0.1) is 0 Å². The molecule has 2 aromatic carbocycles. The van der Waals surface area contributed by atoms with Gasteiger partial charge in [0.25, 0.3) is 0 Å². The van der Waals surface area contributed by atoms with Crippen LogP contribution in [0.25, 0.3) is 0 Å². The van der Waals surface area contributed by atoms with Gasteiger partial charge in [0.15, 0.2) is 0 Å². The highest BCUT2D eigenvalue weighted by molar-refractivity contribution is 6.04. The van der Waals surface area contributed by atoms with Crippen LogP contribution in [0.5, 0.6) is 5.75 Å². The van der Waals surface area contributed by atoms with Gasteiger partial charge in [-0.1, -0.05) is 24.3 Å². The summed E-state index contributed by atoms with van der Waals surface area (Å²) >= 11 is 0. The molecule has 0 fully saturated rings. The third kappa shape index (κ3) is 4.46. The number of anilines is 2. The SMILES string of the molecule is COc1ccc(CN(C)CC(=O)N2c3ccccc3NC(=O)CC2C)cc1. The molecule has 1 N–H and O–H groups in total. The Morgan fingerprint density at radius 2 is 1.93 bits per heavy atom. The van der Waals surface area contributed by atoms with Crippen molar-refractivity contribution in [1.29, 1.82) is 0 Å². The van der Waals surface area contributed by atoms with E-state index in [-0.39, 0.29) is 30.8 Å². The molecule has 1 unspecified atom stereocenters. The Labute approximate surface area is 159 Å². The van der Waals surface area contributed by atoms with Crippen molar-refractivity contribution in [2.75, 3.05) is 30.9 Å². The van der Waals surface area contributed by atoms with E-state index in [9.17, 15) is 9.59 Å². The minimum Gasteiger partial charge on any atom is -0.497 e. The van der Waals surface area contributed by atoms with Crippen molar-refractivity contribution in [2.24, 2.45) is 0 Å². The van der Waals surface area contributed by atoms with E-state index in [1.165, 1.54) is 0 Å². The number of likely N-dealkylation sites (N-methyl/N-ethyl adjacent to an activating group) is 1. The molecule has 6 nitrogen and oxygen atoms in total. The first kappa shape index (κ1) is 18.9. The van der Waals surface area contributed by atoms with Crippen LogP contribution in [0.3, 0.4) is 0 Å². The van der Waals surface area contributed by atoms with Crippen LogP contribution in [-0.4, -0.2) is 43.5 Å². The lowest BCUT2D eigenvalue weighted by molar-refractivity contribution is -0.120. The Bertz CT molecular complexity index is 820. The maximum atomic E-state index is 13.1. The van der Waals surface area contributed by atoms with Gasteiger partial charge in [-0.2, -0.15) is 0 Å². The lowest BCUT2D eigenvalue weighted by Gasteiger charge is -2.29. The number of ether oxygens (including phenoxy) is 1. The molecule has 0 saturated carbocycles. The quantitative estimate of drug-likeness (QED) is 0.883. The van der Waals surface area contributed by atoms with Crippen molar-refractivity contribution in [1.82, 2.24) is 4.90 Å². The molecule has 0 saturated heterocycles. The van der Waals surface area contributed by atoms with E-state index >= 15 is 0 Å². The van der Waals surface area contributed by atoms with Crippen molar-refractivity contribution in [3.05, 3.63) is 54.1 Å². The number of para-hydroxylation sites is 2. The summed E-state index contributed by atoms with van der Waals surface area (Å²) in [6.07, 6.45) is 0.280. The molecule has 0 aromatic heterocycles. The highest BCUT2D eigenvalue weighted by Crippen LogP contribution is 2.31. The minimum atomic E-state index is -0.199. The number of amides is 2. The number of rotatable bonds is 5. The molecule has 27 heavy (non-hydrogen) atoms.